The first-order valence-corrected chi connectivity index (χ1v) is 9.04. The topological polar surface area (TPSA) is 99.4 Å². The van der Waals surface area contributed by atoms with Crippen molar-refractivity contribution in [3.8, 4) is 0 Å². The van der Waals surface area contributed by atoms with Crippen molar-refractivity contribution in [2.24, 2.45) is 0 Å². The number of hydrogen-bond donors (Lipinski definition) is 4. The van der Waals surface area contributed by atoms with Crippen molar-refractivity contribution >= 4 is 0 Å². The van der Waals surface area contributed by atoms with E-state index in [-0.39, 0.29) is 0 Å². The van der Waals surface area contributed by atoms with Gasteiger partial charge in [-0.25, -0.2) is 0 Å². The molecule has 1 aliphatic rings. The number of hydrogen-bond acceptors (Lipinski definition) is 6. The highest BCUT2D eigenvalue weighted by Gasteiger charge is 2.43. The average Bonchev–Trinajstić information content (AvgIpc) is 2.56. The van der Waals surface area contributed by atoms with Crippen LogP contribution in [0.3, 0.4) is 0 Å². The van der Waals surface area contributed by atoms with Gasteiger partial charge in [0, 0.05) is 6.61 Å². The molecule has 1 heterocycles. The Morgan fingerprint density at radius 2 is 1.35 bits per heavy atom. The van der Waals surface area contributed by atoms with Gasteiger partial charge in [0.25, 0.3) is 0 Å². The van der Waals surface area contributed by atoms with E-state index in [9.17, 15) is 15.3 Å². The van der Waals surface area contributed by atoms with E-state index in [1.54, 1.807) is 0 Å². The minimum atomic E-state index is -1.37. The Bertz CT molecular complexity index is 286. The van der Waals surface area contributed by atoms with Crippen LogP contribution < -0.4 is 0 Å². The average molecular weight is 334 g/mol. The van der Waals surface area contributed by atoms with E-state index < -0.39 is 37.3 Å². The van der Waals surface area contributed by atoms with Crippen molar-refractivity contribution in [2.45, 2.75) is 95.4 Å². The van der Waals surface area contributed by atoms with Gasteiger partial charge in [-0.1, -0.05) is 58.3 Å². The summed E-state index contributed by atoms with van der Waals surface area (Å²) in [6, 6.07) is 0. The Balaban J connectivity index is 2.06. The van der Waals surface area contributed by atoms with E-state index in [4.69, 9.17) is 14.6 Å². The molecule has 4 N–H and O–H groups in total. The molecule has 0 aliphatic carbocycles. The predicted molar refractivity (Wildman–Crippen MR) is 86.9 cm³/mol. The highest BCUT2D eigenvalue weighted by Crippen LogP contribution is 2.22. The van der Waals surface area contributed by atoms with E-state index in [0.29, 0.717) is 6.61 Å². The zero-order valence-electron chi connectivity index (χ0n) is 14.3. The van der Waals surface area contributed by atoms with Crippen LogP contribution in [0.2, 0.25) is 0 Å². The summed E-state index contributed by atoms with van der Waals surface area (Å²) < 4.78 is 10.7. The lowest BCUT2D eigenvalue weighted by Crippen LogP contribution is -2.59. The first kappa shape index (κ1) is 20.8. The molecule has 0 aromatic heterocycles. The van der Waals surface area contributed by atoms with E-state index in [1.165, 1.54) is 44.9 Å². The zero-order valence-corrected chi connectivity index (χ0v) is 14.3. The number of aliphatic hydroxyl groups excluding tert-OH is 4. The Morgan fingerprint density at radius 3 is 1.91 bits per heavy atom. The lowest BCUT2D eigenvalue weighted by atomic mass is 9.99. The van der Waals surface area contributed by atoms with E-state index in [2.05, 4.69) is 6.92 Å². The lowest BCUT2D eigenvalue weighted by molar-refractivity contribution is -0.301. The van der Waals surface area contributed by atoms with Gasteiger partial charge in [0.05, 0.1) is 6.61 Å². The second-order valence-electron chi connectivity index (χ2n) is 6.40. The van der Waals surface area contributed by atoms with Crippen molar-refractivity contribution in [1.29, 1.82) is 0 Å². The van der Waals surface area contributed by atoms with Crippen molar-refractivity contribution < 1.29 is 29.9 Å². The van der Waals surface area contributed by atoms with Crippen LogP contribution >= 0.6 is 0 Å². The fraction of sp³-hybridized carbons (Fsp3) is 1.00. The number of ether oxygens (including phenoxy) is 2. The van der Waals surface area contributed by atoms with Gasteiger partial charge in [0.15, 0.2) is 6.29 Å². The van der Waals surface area contributed by atoms with Gasteiger partial charge < -0.3 is 29.9 Å². The fourth-order valence-corrected chi connectivity index (χ4v) is 2.82. The summed E-state index contributed by atoms with van der Waals surface area (Å²) in [6.45, 7) is 2.22. The molecule has 0 bridgehead atoms. The smallest absolute Gasteiger partial charge is 0.186 e. The van der Waals surface area contributed by atoms with Crippen LogP contribution in [0, 0.1) is 0 Å². The molecule has 6 nitrogen and oxygen atoms in total. The molecular weight excluding hydrogens is 300 g/mol. The second kappa shape index (κ2) is 12.2. The Hall–Kier alpha value is -0.240. The Morgan fingerprint density at radius 1 is 0.783 bits per heavy atom. The van der Waals surface area contributed by atoms with Crippen LogP contribution in [0.5, 0.6) is 0 Å². The summed E-state index contributed by atoms with van der Waals surface area (Å²) in [6.07, 6.45) is 4.97. The van der Waals surface area contributed by atoms with Gasteiger partial charge in [-0.15, -0.1) is 0 Å². The standard InChI is InChI=1S/C17H34O6/c1-2-3-4-5-6-7-8-9-10-11-22-17-16(21)15(20)14(19)13(12-18)23-17/h13-21H,2-12H2,1H3/t13-,14-,15+,16-,17-/m1/s1. The van der Waals surface area contributed by atoms with E-state index >= 15 is 0 Å². The van der Waals surface area contributed by atoms with Gasteiger partial charge in [-0.2, -0.15) is 0 Å². The maximum Gasteiger partial charge on any atom is 0.186 e. The van der Waals surface area contributed by atoms with Gasteiger partial charge >= 0.3 is 0 Å². The predicted octanol–water partition coefficient (Wildman–Crippen LogP) is 1.33. The lowest BCUT2D eigenvalue weighted by Gasteiger charge is -2.39. The number of rotatable bonds is 12. The molecule has 5 atom stereocenters. The summed E-state index contributed by atoms with van der Waals surface area (Å²) in [5, 5.41) is 38.2. The molecule has 138 valence electrons. The summed E-state index contributed by atoms with van der Waals surface area (Å²) in [4.78, 5) is 0. The summed E-state index contributed by atoms with van der Waals surface area (Å²) in [7, 11) is 0. The second-order valence-corrected chi connectivity index (χ2v) is 6.40. The SMILES string of the molecule is CCCCCCCCCCCO[C@@H]1O[C@H](CO)[C@@H](O)[C@H](O)[C@H]1O. The highest BCUT2D eigenvalue weighted by molar-refractivity contribution is 4.88. The minimum Gasteiger partial charge on any atom is -0.394 e. The van der Waals surface area contributed by atoms with Crippen LogP contribution in [0.4, 0.5) is 0 Å². The maximum atomic E-state index is 9.82. The highest BCUT2D eigenvalue weighted by atomic mass is 16.7. The molecule has 23 heavy (non-hydrogen) atoms. The molecule has 1 fully saturated rings. The maximum absolute atomic E-state index is 9.82. The molecule has 0 aromatic carbocycles. The molecule has 0 spiro atoms. The third-order valence-electron chi connectivity index (χ3n) is 4.38. The fourth-order valence-electron chi connectivity index (χ4n) is 2.82. The molecule has 0 saturated carbocycles. The molecule has 6 heteroatoms. The molecular formula is C17H34O6. The van der Waals surface area contributed by atoms with Crippen LogP contribution in [0.15, 0.2) is 0 Å². The van der Waals surface area contributed by atoms with Crippen molar-refractivity contribution in [1.82, 2.24) is 0 Å². The first-order chi connectivity index (χ1) is 11.1. The van der Waals surface area contributed by atoms with Gasteiger partial charge in [-0.3, -0.25) is 0 Å². The molecule has 0 radical (unpaired) electrons. The molecule has 0 unspecified atom stereocenters. The Labute approximate surface area is 139 Å². The van der Waals surface area contributed by atoms with Gasteiger partial charge in [-0.05, 0) is 6.42 Å². The summed E-state index contributed by atoms with van der Waals surface area (Å²) >= 11 is 0. The first-order valence-electron chi connectivity index (χ1n) is 9.04. The third-order valence-corrected chi connectivity index (χ3v) is 4.38. The summed E-state index contributed by atoms with van der Waals surface area (Å²) in [5.41, 5.74) is 0. The van der Waals surface area contributed by atoms with E-state index in [1.807, 2.05) is 0 Å². The monoisotopic (exact) mass is 334 g/mol. The molecule has 1 saturated heterocycles. The summed E-state index contributed by atoms with van der Waals surface area (Å²) in [5.74, 6) is 0. The number of unbranched alkanes of at least 4 members (excludes halogenated alkanes) is 8. The van der Waals surface area contributed by atoms with Crippen LogP contribution in [0.25, 0.3) is 0 Å². The zero-order chi connectivity index (χ0) is 17.1. The normalized spacial score (nSPS) is 31.4. The van der Waals surface area contributed by atoms with Crippen molar-refractivity contribution in [3.63, 3.8) is 0 Å². The van der Waals surface area contributed by atoms with Gasteiger partial charge in [0.1, 0.15) is 24.4 Å². The Kier molecular flexibility index (Phi) is 11.0. The number of aliphatic hydroxyl groups is 4. The third kappa shape index (κ3) is 7.45. The molecule has 0 amide bonds. The van der Waals surface area contributed by atoms with Gasteiger partial charge in [0.2, 0.25) is 0 Å². The largest absolute Gasteiger partial charge is 0.394 e. The molecule has 1 aliphatic heterocycles. The minimum absolute atomic E-state index is 0.428. The van der Waals surface area contributed by atoms with Crippen molar-refractivity contribution in [3.05, 3.63) is 0 Å². The van der Waals surface area contributed by atoms with Crippen LogP contribution in [-0.4, -0.2) is 64.3 Å². The van der Waals surface area contributed by atoms with Crippen LogP contribution in [-0.2, 0) is 9.47 Å². The van der Waals surface area contributed by atoms with Crippen LogP contribution in [0.1, 0.15) is 64.7 Å². The van der Waals surface area contributed by atoms with E-state index in [0.717, 1.165) is 12.8 Å². The van der Waals surface area contributed by atoms with Crippen molar-refractivity contribution in [2.75, 3.05) is 13.2 Å². The molecule has 0 aromatic rings. The quantitative estimate of drug-likeness (QED) is 0.402. The molecule has 1 rings (SSSR count).